The van der Waals surface area contributed by atoms with Gasteiger partial charge < -0.3 is 14.8 Å². The summed E-state index contributed by atoms with van der Waals surface area (Å²) in [6.07, 6.45) is 4.30. The number of methoxy groups -OCH3 is 1. The van der Waals surface area contributed by atoms with Gasteiger partial charge in [-0.1, -0.05) is 51.0 Å². The minimum absolute atomic E-state index is 0.0823. The standard InChI is InChI=1S/C30H37N3O5S/c1-4-6-8-21(5-2)29(34)27-25-19-39(35,36)30-24(9-7-10-26(30)37-3)28(25)33(32-27)22-13-11-20(12-14-22)17-23-18-31-15-16-38-23/h7,9-14,21,23,31H,4-6,8,15-19H2,1-3H3. The highest BCUT2D eigenvalue weighted by Gasteiger charge is 2.39. The Morgan fingerprint density at radius 3 is 2.67 bits per heavy atom. The van der Waals surface area contributed by atoms with E-state index in [1.54, 1.807) is 22.9 Å². The van der Waals surface area contributed by atoms with E-state index in [2.05, 4.69) is 12.2 Å². The van der Waals surface area contributed by atoms with E-state index < -0.39 is 9.84 Å². The van der Waals surface area contributed by atoms with E-state index in [0.29, 0.717) is 35.6 Å². The molecule has 8 nitrogen and oxygen atoms in total. The minimum Gasteiger partial charge on any atom is -0.495 e. The van der Waals surface area contributed by atoms with Gasteiger partial charge in [0.15, 0.2) is 15.6 Å². The number of ether oxygens (including phenoxy) is 2. The first-order valence-electron chi connectivity index (χ1n) is 13.9. The number of morpholine rings is 1. The fourth-order valence-electron chi connectivity index (χ4n) is 5.65. The summed E-state index contributed by atoms with van der Waals surface area (Å²) in [7, 11) is -2.28. The summed E-state index contributed by atoms with van der Waals surface area (Å²) in [5, 5.41) is 8.19. The normalized spacial score (nSPS) is 18.7. The molecule has 1 aromatic heterocycles. The molecule has 0 radical (unpaired) electrons. The first-order valence-corrected chi connectivity index (χ1v) is 15.5. The maximum absolute atomic E-state index is 13.8. The highest BCUT2D eigenvalue weighted by molar-refractivity contribution is 7.91. The van der Waals surface area contributed by atoms with Gasteiger partial charge in [-0.3, -0.25) is 4.79 Å². The van der Waals surface area contributed by atoms with Crippen LogP contribution in [0.1, 0.15) is 61.1 Å². The predicted molar refractivity (Wildman–Crippen MR) is 150 cm³/mol. The SMILES string of the molecule is CCCCC(CC)C(=O)c1nn(-c2ccc(CC3CNCCO3)cc2)c2c1CS(=O)(=O)c1c(OC)cccc1-2. The molecule has 1 N–H and O–H groups in total. The highest BCUT2D eigenvalue weighted by atomic mass is 32.2. The van der Waals surface area contributed by atoms with Crippen molar-refractivity contribution in [2.75, 3.05) is 26.8 Å². The van der Waals surface area contributed by atoms with E-state index in [1.807, 2.05) is 31.2 Å². The number of unbranched alkanes of at least 4 members (excludes halogenated alkanes) is 1. The summed E-state index contributed by atoms with van der Waals surface area (Å²) >= 11 is 0. The lowest BCUT2D eigenvalue weighted by Gasteiger charge is -2.23. The minimum atomic E-state index is -3.75. The molecule has 39 heavy (non-hydrogen) atoms. The Labute approximate surface area is 230 Å². The number of fused-ring (bicyclic) bond motifs is 3. The predicted octanol–water partition coefficient (Wildman–Crippen LogP) is 4.77. The topological polar surface area (TPSA) is 99.5 Å². The van der Waals surface area contributed by atoms with Crippen LogP contribution in [0.2, 0.25) is 0 Å². The van der Waals surface area contributed by atoms with Crippen molar-refractivity contribution in [3.05, 3.63) is 59.3 Å². The van der Waals surface area contributed by atoms with Crippen LogP contribution in [0.5, 0.6) is 5.75 Å². The smallest absolute Gasteiger partial charge is 0.187 e. The Morgan fingerprint density at radius 1 is 1.21 bits per heavy atom. The number of hydrogen-bond acceptors (Lipinski definition) is 7. The summed E-state index contributed by atoms with van der Waals surface area (Å²) < 4.78 is 40.1. The van der Waals surface area contributed by atoms with Gasteiger partial charge >= 0.3 is 0 Å². The summed E-state index contributed by atoms with van der Waals surface area (Å²) in [5.74, 6) is -0.269. The van der Waals surface area contributed by atoms with Crippen molar-refractivity contribution in [2.45, 2.75) is 62.7 Å². The highest BCUT2D eigenvalue weighted by Crippen LogP contribution is 2.45. The molecule has 3 aromatic rings. The summed E-state index contributed by atoms with van der Waals surface area (Å²) in [6.45, 7) is 6.51. The van der Waals surface area contributed by atoms with Crippen LogP contribution in [0.15, 0.2) is 47.4 Å². The van der Waals surface area contributed by atoms with Crippen LogP contribution in [-0.2, 0) is 26.7 Å². The van der Waals surface area contributed by atoms with Crippen molar-refractivity contribution in [1.29, 1.82) is 0 Å². The Bertz CT molecular complexity index is 1440. The number of nitrogens with one attached hydrogen (secondary N) is 1. The maximum Gasteiger partial charge on any atom is 0.187 e. The number of ketones is 1. The Balaban J connectivity index is 1.62. The molecule has 0 bridgehead atoms. The molecule has 0 spiro atoms. The maximum atomic E-state index is 13.8. The lowest BCUT2D eigenvalue weighted by molar-refractivity contribution is 0.0292. The average Bonchev–Trinajstić information content (AvgIpc) is 3.32. The van der Waals surface area contributed by atoms with Crippen LogP contribution < -0.4 is 10.1 Å². The second-order valence-electron chi connectivity index (χ2n) is 10.4. The van der Waals surface area contributed by atoms with E-state index in [4.69, 9.17) is 14.6 Å². The zero-order valence-corrected chi connectivity index (χ0v) is 23.7. The number of benzene rings is 2. The van der Waals surface area contributed by atoms with Gasteiger partial charge in [0.25, 0.3) is 0 Å². The monoisotopic (exact) mass is 551 g/mol. The van der Waals surface area contributed by atoms with Crippen molar-refractivity contribution in [3.63, 3.8) is 0 Å². The van der Waals surface area contributed by atoms with Gasteiger partial charge in [-0.25, -0.2) is 13.1 Å². The molecular weight excluding hydrogens is 514 g/mol. The molecule has 0 amide bonds. The Kier molecular flexibility index (Phi) is 8.21. The van der Waals surface area contributed by atoms with Crippen LogP contribution in [0.4, 0.5) is 0 Å². The van der Waals surface area contributed by atoms with Gasteiger partial charge in [0.05, 0.1) is 37.0 Å². The molecule has 2 atom stereocenters. The molecule has 2 aromatic carbocycles. The van der Waals surface area contributed by atoms with Crippen molar-refractivity contribution in [3.8, 4) is 22.7 Å². The van der Waals surface area contributed by atoms with Gasteiger partial charge in [-0.2, -0.15) is 5.10 Å². The van der Waals surface area contributed by atoms with Gasteiger partial charge in [-0.15, -0.1) is 0 Å². The van der Waals surface area contributed by atoms with Crippen molar-refractivity contribution < 1.29 is 22.7 Å². The number of aromatic nitrogens is 2. The third-order valence-electron chi connectivity index (χ3n) is 7.73. The third-order valence-corrected chi connectivity index (χ3v) is 9.45. The second kappa shape index (κ2) is 11.6. The van der Waals surface area contributed by atoms with Crippen molar-refractivity contribution in [2.24, 2.45) is 5.92 Å². The average molecular weight is 552 g/mol. The summed E-state index contributed by atoms with van der Waals surface area (Å²) in [6, 6.07) is 13.3. The lowest BCUT2D eigenvalue weighted by Crippen LogP contribution is -2.39. The first kappa shape index (κ1) is 27.6. The van der Waals surface area contributed by atoms with Crippen LogP contribution in [0, 0.1) is 5.92 Å². The molecule has 1 fully saturated rings. The first-order chi connectivity index (χ1) is 18.9. The van der Waals surface area contributed by atoms with E-state index >= 15 is 0 Å². The molecule has 2 aliphatic rings. The molecule has 208 valence electrons. The molecule has 0 aliphatic carbocycles. The number of rotatable bonds is 10. The molecular formula is C30H37N3O5S. The molecule has 2 aliphatic heterocycles. The third kappa shape index (κ3) is 5.40. The molecule has 1 saturated heterocycles. The molecule has 5 rings (SSSR count). The molecule has 9 heteroatoms. The van der Waals surface area contributed by atoms with Gasteiger partial charge in [0, 0.05) is 30.1 Å². The van der Waals surface area contributed by atoms with Crippen molar-refractivity contribution >= 4 is 15.6 Å². The van der Waals surface area contributed by atoms with Crippen LogP contribution in [-0.4, -0.2) is 56.9 Å². The van der Waals surface area contributed by atoms with Crippen LogP contribution in [0.3, 0.4) is 0 Å². The largest absolute Gasteiger partial charge is 0.495 e. The summed E-state index contributed by atoms with van der Waals surface area (Å²) in [5.41, 5.74) is 3.79. The summed E-state index contributed by atoms with van der Waals surface area (Å²) in [4.78, 5) is 14.0. The number of hydrogen-bond donors (Lipinski definition) is 1. The number of carbonyl (C=O) groups excluding carboxylic acids is 1. The van der Waals surface area contributed by atoms with Crippen molar-refractivity contribution in [1.82, 2.24) is 15.1 Å². The zero-order chi connectivity index (χ0) is 27.6. The van der Waals surface area contributed by atoms with E-state index in [0.717, 1.165) is 50.0 Å². The fourth-order valence-corrected chi connectivity index (χ4v) is 7.40. The molecule has 3 heterocycles. The number of carbonyl (C=O) groups is 1. The van der Waals surface area contributed by atoms with E-state index in [1.165, 1.54) is 7.11 Å². The number of Topliss-reactive ketones (excluding diaryl/α,β-unsaturated/α-hetero) is 1. The van der Waals surface area contributed by atoms with Gasteiger partial charge in [-0.05, 0) is 43.0 Å². The Morgan fingerprint density at radius 2 is 2.00 bits per heavy atom. The van der Waals surface area contributed by atoms with Gasteiger partial charge in [0.1, 0.15) is 16.3 Å². The molecule has 0 saturated carbocycles. The lowest BCUT2D eigenvalue weighted by atomic mass is 9.91. The number of nitrogens with zero attached hydrogens (tertiary/aromatic N) is 2. The zero-order valence-electron chi connectivity index (χ0n) is 22.9. The van der Waals surface area contributed by atoms with Gasteiger partial charge in [0.2, 0.25) is 0 Å². The number of sulfone groups is 1. The second-order valence-corrected chi connectivity index (χ2v) is 12.3. The Hall–Kier alpha value is -3.01. The molecule has 2 unspecified atom stereocenters. The quantitative estimate of drug-likeness (QED) is 0.363. The van der Waals surface area contributed by atoms with Crippen LogP contribution >= 0.6 is 0 Å². The fraction of sp³-hybridized carbons (Fsp3) is 0.467. The van der Waals surface area contributed by atoms with E-state index in [-0.39, 0.29) is 34.1 Å². The van der Waals surface area contributed by atoms with E-state index in [9.17, 15) is 13.2 Å². The van der Waals surface area contributed by atoms with Crippen LogP contribution in [0.25, 0.3) is 16.9 Å².